The van der Waals surface area contributed by atoms with Gasteiger partial charge in [0, 0.05) is 55.0 Å². The van der Waals surface area contributed by atoms with Crippen molar-refractivity contribution in [3.63, 3.8) is 0 Å². The van der Waals surface area contributed by atoms with E-state index < -0.39 is 15.9 Å². The summed E-state index contributed by atoms with van der Waals surface area (Å²) in [5.74, 6) is -0.321. The first-order chi connectivity index (χ1) is 21.1. The molecular weight excluding hydrogens is 560 g/mol. The molecule has 3 aliphatic rings. The molecule has 2 aromatic carbocycles. The van der Waals surface area contributed by atoms with E-state index in [4.69, 9.17) is 0 Å². The molecule has 2 aliphatic carbocycles. The highest BCUT2D eigenvalue weighted by molar-refractivity contribution is 5.67. The number of nitro benzene ring substituents is 2. The number of rotatable bonds is 8. The number of carbonyl (C=O) groups is 1. The minimum absolute atomic E-state index is 0.0320. The summed E-state index contributed by atoms with van der Waals surface area (Å²) in [7, 11) is 0. The first kappa shape index (κ1) is 30.2. The van der Waals surface area contributed by atoms with E-state index in [1.54, 1.807) is 30.5 Å². The number of nitrogens with zero attached hydrogens (tertiary/aromatic N) is 4. The molecule has 0 radical (unpaired) electrons. The van der Waals surface area contributed by atoms with Crippen LogP contribution in [0, 0.1) is 20.2 Å². The zero-order valence-electron chi connectivity index (χ0n) is 24.6. The van der Waals surface area contributed by atoms with Crippen LogP contribution in [0.25, 0.3) is 0 Å². The number of carboxylic acid groups (broad SMARTS) is 1. The normalized spacial score (nSPS) is 20.1. The lowest BCUT2D eigenvalue weighted by atomic mass is 9.81. The van der Waals surface area contributed by atoms with Crippen molar-refractivity contribution in [3.05, 3.63) is 151 Å². The molecule has 1 amide bonds. The summed E-state index contributed by atoms with van der Waals surface area (Å²) in [6.07, 6.45) is 14.9. The molecule has 0 aromatic heterocycles. The fourth-order valence-electron chi connectivity index (χ4n) is 5.91. The highest BCUT2D eigenvalue weighted by Crippen LogP contribution is 2.38. The van der Waals surface area contributed by atoms with E-state index in [-0.39, 0.29) is 29.9 Å². The summed E-state index contributed by atoms with van der Waals surface area (Å²) in [5, 5.41) is 32.9. The fraction of sp³-hybridized carbons (Fsp3) is 0.265. The molecule has 1 heterocycles. The molecule has 1 aliphatic heterocycles. The van der Waals surface area contributed by atoms with Crippen molar-refractivity contribution in [1.82, 2.24) is 9.80 Å². The Hall–Kier alpha value is -5.25. The molecule has 10 heteroatoms. The minimum Gasteiger partial charge on any atom is -0.465 e. The van der Waals surface area contributed by atoms with Crippen molar-refractivity contribution in [3.8, 4) is 0 Å². The van der Waals surface area contributed by atoms with Gasteiger partial charge < -0.3 is 10.0 Å². The average Bonchev–Trinajstić information content (AvgIpc) is 3.21. The van der Waals surface area contributed by atoms with Gasteiger partial charge >= 0.3 is 6.09 Å². The van der Waals surface area contributed by atoms with E-state index in [0.717, 1.165) is 51.8 Å². The third-order valence-corrected chi connectivity index (χ3v) is 8.15. The maximum atomic E-state index is 12.3. The van der Waals surface area contributed by atoms with Crippen LogP contribution in [0.2, 0.25) is 0 Å². The molecule has 1 N–H and O–H groups in total. The molecule has 2 atom stereocenters. The standard InChI is InChI=1S/C34H34N4O6/c1-23-9-11-28(32(15-23)26-5-3-7-30(18-26)37(41)42)17-25-13-14-35(22-36(20-25)34(39)40)21-29-12-10-24(2)16-33(29)27-6-4-8-31(19-27)38(43)44/h3-8,11-16,18-20,32-33H,9-10,17,21-22H2,1-2H3,(H,39,40). The second-order valence-electron chi connectivity index (χ2n) is 11.5. The first-order valence-electron chi connectivity index (χ1n) is 14.4. The van der Waals surface area contributed by atoms with Crippen LogP contribution in [0.4, 0.5) is 16.2 Å². The van der Waals surface area contributed by atoms with E-state index in [1.807, 2.05) is 43.2 Å². The smallest absolute Gasteiger partial charge is 0.412 e. The number of non-ortho nitro benzene ring substituents is 2. The zero-order chi connectivity index (χ0) is 31.4. The number of hydrogen-bond acceptors (Lipinski definition) is 6. The summed E-state index contributed by atoms with van der Waals surface area (Å²) in [4.78, 5) is 37.5. The van der Waals surface area contributed by atoms with Crippen LogP contribution in [-0.4, -0.2) is 44.1 Å². The van der Waals surface area contributed by atoms with Crippen LogP contribution < -0.4 is 0 Å². The number of benzene rings is 2. The van der Waals surface area contributed by atoms with E-state index in [9.17, 15) is 30.1 Å². The molecule has 0 fully saturated rings. The molecule has 44 heavy (non-hydrogen) atoms. The summed E-state index contributed by atoms with van der Waals surface area (Å²) in [5.41, 5.74) is 6.91. The Morgan fingerprint density at radius 3 is 1.98 bits per heavy atom. The van der Waals surface area contributed by atoms with Crippen LogP contribution >= 0.6 is 0 Å². The van der Waals surface area contributed by atoms with Gasteiger partial charge in [-0.1, -0.05) is 65.3 Å². The highest BCUT2D eigenvalue weighted by atomic mass is 16.6. The fourth-order valence-corrected chi connectivity index (χ4v) is 5.91. The molecular formula is C34H34N4O6. The van der Waals surface area contributed by atoms with E-state index >= 15 is 0 Å². The summed E-state index contributed by atoms with van der Waals surface area (Å²) in [6, 6.07) is 13.3. The largest absolute Gasteiger partial charge is 0.465 e. The molecule has 2 unspecified atom stereocenters. The summed E-state index contributed by atoms with van der Waals surface area (Å²) < 4.78 is 0. The Labute approximate surface area is 255 Å². The topological polar surface area (TPSA) is 130 Å². The van der Waals surface area contributed by atoms with Gasteiger partial charge in [0.2, 0.25) is 0 Å². The van der Waals surface area contributed by atoms with Crippen molar-refractivity contribution >= 4 is 17.5 Å². The maximum absolute atomic E-state index is 12.3. The first-order valence-corrected chi connectivity index (χ1v) is 14.4. The van der Waals surface area contributed by atoms with Gasteiger partial charge in [0.25, 0.3) is 11.4 Å². The number of allylic oxidation sites excluding steroid dienone is 9. The Morgan fingerprint density at radius 2 is 1.43 bits per heavy atom. The molecule has 5 rings (SSSR count). The van der Waals surface area contributed by atoms with E-state index in [2.05, 4.69) is 24.3 Å². The van der Waals surface area contributed by atoms with Crippen LogP contribution in [-0.2, 0) is 0 Å². The molecule has 10 nitrogen and oxygen atoms in total. The van der Waals surface area contributed by atoms with E-state index in [1.165, 1.54) is 17.0 Å². The van der Waals surface area contributed by atoms with Crippen molar-refractivity contribution < 1.29 is 19.7 Å². The van der Waals surface area contributed by atoms with Crippen LogP contribution in [0.3, 0.4) is 0 Å². The Balaban J connectivity index is 1.38. The number of nitro groups is 2. The van der Waals surface area contributed by atoms with Gasteiger partial charge in [-0.15, -0.1) is 0 Å². The SMILES string of the molecule is CC1=CC(c2cccc([N+](=O)[O-])c2)C(CC2=CN(C(=O)O)CN(CC3=CCC(C)=CC3c3cccc([N+](=O)[O-])c3)C=C2)=CC1. The van der Waals surface area contributed by atoms with Crippen molar-refractivity contribution in [2.45, 2.75) is 44.9 Å². The van der Waals surface area contributed by atoms with Gasteiger partial charge in [0.05, 0.1) is 9.85 Å². The molecule has 0 spiro atoms. The Bertz CT molecular complexity index is 1680. The number of hydrogen-bond donors (Lipinski definition) is 1. The second-order valence-corrected chi connectivity index (χ2v) is 11.5. The quantitative estimate of drug-likeness (QED) is 0.186. The van der Waals surface area contributed by atoms with Crippen LogP contribution in [0.1, 0.15) is 56.1 Å². The predicted octanol–water partition coefficient (Wildman–Crippen LogP) is 7.96. The van der Waals surface area contributed by atoms with Crippen molar-refractivity contribution in [2.75, 3.05) is 13.2 Å². The predicted molar refractivity (Wildman–Crippen MR) is 168 cm³/mol. The van der Waals surface area contributed by atoms with Gasteiger partial charge in [0.15, 0.2) is 0 Å². The minimum atomic E-state index is -1.08. The number of amides is 1. The molecule has 0 bridgehead atoms. The summed E-state index contributed by atoms with van der Waals surface area (Å²) in [6.45, 7) is 4.62. The van der Waals surface area contributed by atoms with Gasteiger partial charge in [0.1, 0.15) is 6.67 Å². The van der Waals surface area contributed by atoms with Gasteiger partial charge in [-0.3, -0.25) is 25.1 Å². The van der Waals surface area contributed by atoms with Gasteiger partial charge in [-0.05, 0) is 61.5 Å². The molecule has 0 saturated heterocycles. The van der Waals surface area contributed by atoms with Crippen LogP contribution in [0.5, 0.6) is 0 Å². The molecule has 2 aromatic rings. The second kappa shape index (κ2) is 12.9. The third-order valence-electron chi connectivity index (χ3n) is 8.15. The Kier molecular flexibility index (Phi) is 8.89. The van der Waals surface area contributed by atoms with Gasteiger partial charge in [-0.2, -0.15) is 0 Å². The maximum Gasteiger partial charge on any atom is 0.412 e. The van der Waals surface area contributed by atoms with Gasteiger partial charge in [-0.25, -0.2) is 4.79 Å². The lowest BCUT2D eigenvalue weighted by Crippen LogP contribution is -2.36. The monoisotopic (exact) mass is 594 g/mol. The van der Waals surface area contributed by atoms with Crippen molar-refractivity contribution in [1.29, 1.82) is 0 Å². The Morgan fingerprint density at radius 1 is 0.886 bits per heavy atom. The van der Waals surface area contributed by atoms with E-state index in [0.29, 0.717) is 13.0 Å². The van der Waals surface area contributed by atoms with Crippen LogP contribution in [0.15, 0.2) is 119 Å². The third kappa shape index (κ3) is 7.03. The zero-order valence-corrected chi connectivity index (χ0v) is 24.6. The average molecular weight is 595 g/mol. The highest BCUT2D eigenvalue weighted by Gasteiger charge is 2.25. The lowest BCUT2D eigenvalue weighted by molar-refractivity contribution is -0.385. The molecule has 0 saturated carbocycles. The lowest BCUT2D eigenvalue weighted by Gasteiger charge is -2.30. The summed E-state index contributed by atoms with van der Waals surface area (Å²) >= 11 is 0. The molecule has 226 valence electrons. The van der Waals surface area contributed by atoms with Crippen molar-refractivity contribution in [2.24, 2.45) is 0 Å².